The lowest BCUT2D eigenvalue weighted by molar-refractivity contribution is -0.119. The second-order valence-corrected chi connectivity index (χ2v) is 6.96. The van der Waals surface area contributed by atoms with Crippen LogP contribution in [0.25, 0.3) is 11.3 Å². The van der Waals surface area contributed by atoms with Gasteiger partial charge in [0.25, 0.3) is 0 Å². The molecule has 1 amide bonds. The average molecular weight is 374 g/mol. The molecular weight excluding hydrogens is 348 g/mol. The van der Waals surface area contributed by atoms with Crippen molar-refractivity contribution in [2.45, 2.75) is 33.1 Å². The molecule has 1 aromatic heterocycles. The fourth-order valence-electron chi connectivity index (χ4n) is 2.83. The minimum Gasteiger partial charge on any atom is -0.399 e. The van der Waals surface area contributed by atoms with Gasteiger partial charge in [-0.2, -0.15) is 0 Å². The summed E-state index contributed by atoms with van der Waals surface area (Å²) in [6.07, 6.45) is 3.99. The van der Waals surface area contributed by atoms with Crippen molar-refractivity contribution in [3.63, 3.8) is 0 Å². The second-order valence-electron chi connectivity index (χ2n) is 6.96. The lowest BCUT2D eigenvalue weighted by Gasteiger charge is -2.14. The van der Waals surface area contributed by atoms with Crippen LogP contribution < -0.4 is 11.1 Å². The molecule has 1 heterocycles. The maximum atomic E-state index is 12.4. The molecule has 3 rings (SSSR count). The van der Waals surface area contributed by atoms with E-state index in [1.54, 1.807) is 6.20 Å². The molecule has 28 heavy (non-hydrogen) atoms. The van der Waals surface area contributed by atoms with Crippen molar-refractivity contribution < 1.29 is 4.79 Å². The van der Waals surface area contributed by atoms with Gasteiger partial charge in [-0.15, -0.1) is 0 Å². The van der Waals surface area contributed by atoms with Crippen LogP contribution in [0.4, 0.5) is 11.5 Å². The lowest BCUT2D eigenvalue weighted by Crippen LogP contribution is -2.22. The van der Waals surface area contributed by atoms with Gasteiger partial charge >= 0.3 is 0 Å². The molecule has 2 aromatic carbocycles. The number of hydrogen-bond donors (Lipinski definition) is 2. The van der Waals surface area contributed by atoms with Crippen LogP contribution in [0.5, 0.6) is 0 Å². The summed E-state index contributed by atoms with van der Waals surface area (Å²) in [5, 5.41) is 2.95. The van der Waals surface area contributed by atoms with Crippen LogP contribution in [0.15, 0.2) is 60.8 Å². The Bertz CT molecular complexity index is 923. The van der Waals surface area contributed by atoms with E-state index < -0.39 is 0 Å². The van der Waals surface area contributed by atoms with Gasteiger partial charge in [-0.25, -0.2) is 9.97 Å². The van der Waals surface area contributed by atoms with E-state index in [0.717, 1.165) is 29.8 Å². The third-order valence-corrected chi connectivity index (χ3v) is 4.85. The molecule has 1 atom stereocenters. The number of aryl methyl sites for hydroxylation is 2. The summed E-state index contributed by atoms with van der Waals surface area (Å²) in [5.74, 6) is 0.443. The summed E-state index contributed by atoms with van der Waals surface area (Å²) in [5.41, 5.74) is 10.2. The number of hydrogen-bond acceptors (Lipinski definition) is 4. The van der Waals surface area contributed by atoms with Gasteiger partial charge in [0.2, 0.25) is 5.91 Å². The van der Waals surface area contributed by atoms with E-state index in [-0.39, 0.29) is 11.8 Å². The molecule has 0 bridgehead atoms. The smallest absolute Gasteiger partial charge is 0.228 e. The third kappa shape index (κ3) is 4.94. The zero-order chi connectivity index (χ0) is 19.9. The zero-order valence-corrected chi connectivity index (χ0v) is 16.4. The molecule has 0 aliphatic carbocycles. The number of nitrogens with two attached hydrogens (primary N) is 1. The molecule has 0 radical (unpaired) electrons. The van der Waals surface area contributed by atoms with Crippen LogP contribution in [0.3, 0.4) is 0 Å². The molecule has 0 spiro atoms. The van der Waals surface area contributed by atoms with E-state index >= 15 is 0 Å². The number of nitrogens with zero attached hydrogens (tertiary/aromatic N) is 2. The summed E-state index contributed by atoms with van der Waals surface area (Å²) < 4.78 is 0. The monoisotopic (exact) mass is 374 g/mol. The first-order chi connectivity index (χ1) is 13.6. The predicted octanol–water partition coefficient (Wildman–Crippen LogP) is 4.50. The summed E-state index contributed by atoms with van der Waals surface area (Å²) in [6, 6.07) is 17.8. The van der Waals surface area contributed by atoms with Gasteiger partial charge < -0.3 is 11.1 Å². The number of aromatic nitrogens is 2. The van der Waals surface area contributed by atoms with Crippen LogP contribution in [0, 0.1) is 5.92 Å². The van der Waals surface area contributed by atoms with Crippen molar-refractivity contribution in [1.82, 2.24) is 9.97 Å². The topological polar surface area (TPSA) is 80.9 Å². The lowest BCUT2D eigenvalue weighted by atomic mass is 10.1. The van der Waals surface area contributed by atoms with Crippen LogP contribution in [0.2, 0.25) is 0 Å². The molecule has 1 unspecified atom stereocenters. The Morgan fingerprint density at radius 2 is 1.79 bits per heavy atom. The van der Waals surface area contributed by atoms with Gasteiger partial charge in [0.05, 0.1) is 17.6 Å². The predicted molar refractivity (Wildman–Crippen MR) is 114 cm³/mol. The van der Waals surface area contributed by atoms with E-state index in [9.17, 15) is 4.79 Å². The fourth-order valence-corrected chi connectivity index (χ4v) is 2.83. The number of nitrogen functional groups attached to an aromatic ring is 1. The molecule has 0 fully saturated rings. The van der Waals surface area contributed by atoms with Crippen molar-refractivity contribution >= 4 is 17.4 Å². The molecule has 144 valence electrons. The molecule has 0 saturated carbocycles. The highest BCUT2D eigenvalue weighted by molar-refractivity contribution is 5.91. The van der Waals surface area contributed by atoms with Crippen LogP contribution in [0.1, 0.15) is 31.5 Å². The van der Waals surface area contributed by atoms with E-state index in [4.69, 9.17) is 10.7 Å². The van der Waals surface area contributed by atoms with Gasteiger partial charge in [-0.3, -0.25) is 4.79 Å². The number of anilines is 2. The van der Waals surface area contributed by atoms with Crippen molar-refractivity contribution in [3.8, 4) is 11.3 Å². The summed E-state index contributed by atoms with van der Waals surface area (Å²) in [4.78, 5) is 21.7. The molecule has 0 aliphatic rings. The Kier molecular flexibility index (Phi) is 6.37. The van der Waals surface area contributed by atoms with Crippen LogP contribution in [-0.2, 0) is 17.6 Å². The highest BCUT2D eigenvalue weighted by Crippen LogP contribution is 2.22. The number of carbonyl (C=O) groups excluding carboxylic acids is 1. The minimum atomic E-state index is -0.0689. The summed E-state index contributed by atoms with van der Waals surface area (Å²) >= 11 is 0. The number of benzene rings is 2. The van der Waals surface area contributed by atoms with Crippen molar-refractivity contribution in [2.24, 2.45) is 5.92 Å². The molecule has 3 N–H and O–H groups in total. The van der Waals surface area contributed by atoms with Crippen LogP contribution in [-0.4, -0.2) is 15.9 Å². The van der Waals surface area contributed by atoms with Crippen molar-refractivity contribution in [3.05, 3.63) is 72.1 Å². The number of rotatable bonds is 7. The zero-order valence-electron chi connectivity index (χ0n) is 16.4. The molecule has 5 heteroatoms. The maximum Gasteiger partial charge on any atom is 0.228 e. The quantitative estimate of drug-likeness (QED) is 0.597. The Balaban J connectivity index is 1.89. The molecule has 5 nitrogen and oxygen atoms in total. The second kappa shape index (κ2) is 9.13. The number of nitrogens with one attached hydrogen (secondary N) is 1. The Morgan fingerprint density at radius 1 is 1.07 bits per heavy atom. The van der Waals surface area contributed by atoms with Gasteiger partial charge in [0.15, 0.2) is 5.82 Å². The SMILES string of the molecule is CCC(C)C(=O)Nc1ncc(-c2ccc(N)cc2)nc1CCc1ccccc1. The van der Waals surface area contributed by atoms with Crippen molar-refractivity contribution in [2.75, 3.05) is 11.1 Å². The van der Waals surface area contributed by atoms with E-state index in [1.807, 2.05) is 56.3 Å². The van der Waals surface area contributed by atoms with Gasteiger partial charge in [-0.05, 0) is 37.0 Å². The number of carbonyl (C=O) groups is 1. The largest absolute Gasteiger partial charge is 0.399 e. The number of amides is 1. The van der Waals surface area contributed by atoms with E-state index in [0.29, 0.717) is 17.9 Å². The fraction of sp³-hybridized carbons (Fsp3) is 0.261. The van der Waals surface area contributed by atoms with Gasteiger partial charge in [-0.1, -0.05) is 56.3 Å². The van der Waals surface area contributed by atoms with Crippen molar-refractivity contribution in [1.29, 1.82) is 0 Å². The first kappa shape index (κ1) is 19.5. The first-order valence-electron chi connectivity index (χ1n) is 9.63. The Labute approximate surface area is 166 Å². The molecule has 0 aliphatic heterocycles. The highest BCUT2D eigenvalue weighted by Gasteiger charge is 2.16. The maximum absolute atomic E-state index is 12.4. The normalized spacial score (nSPS) is 11.8. The van der Waals surface area contributed by atoms with E-state index in [1.165, 1.54) is 5.56 Å². The molecule has 3 aromatic rings. The average Bonchev–Trinajstić information content (AvgIpc) is 2.73. The minimum absolute atomic E-state index is 0.0296. The molecular formula is C23H26N4O. The molecule has 0 saturated heterocycles. The Morgan fingerprint density at radius 3 is 2.46 bits per heavy atom. The first-order valence-corrected chi connectivity index (χ1v) is 9.63. The standard InChI is InChI=1S/C23H26N4O/c1-3-16(2)23(28)27-22-20(14-9-17-7-5-4-6-8-17)26-21(15-25-22)18-10-12-19(24)13-11-18/h4-8,10-13,15-16H,3,9,14,24H2,1-2H3,(H,25,27,28). The van der Waals surface area contributed by atoms with Crippen LogP contribution >= 0.6 is 0 Å². The Hall–Kier alpha value is -3.21. The van der Waals surface area contributed by atoms with Gasteiger partial charge in [0, 0.05) is 17.2 Å². The summed E-state index contributed by atoms with van der Waals surface area (Å²) in [6.45, 7) is 3.91. The highest BCUT2D eigenvalue weighted by atomic mass is 16.1. The third-order valence-electron chi connectivity index (χ3n) is 4.85. The van der Waals surface area contributed by atoms with E-state index in [2.05, 4.69) is 22.4 Å². The van der Waals surface area contributed by atoms with Gasteiger partial charge in [0.1, 0.15) is 0 Å². The summed E-state index contributed by atoms with van der Waals surface area (Å²) in [7, 11) is 0.